The van der Waals surface area contributed by atoms with Crippen molar-refractivity contribution in [2.24, 2.45) is 5.10 Å². The zero-order chi connectivity index (χ0) is 20.8. The number of amides is 1. The highest BCUT2D eigenvalue weighted by atomic mass is 16.5. The van der Waals surface area contributed by atoms with Gasteiger partial charge in [0.2, 0.25) is 0 Å². The molecule has 1 aliphatic rings. The Balaban J connectivity index is 1.53. The molecule has 2 heterocycles. The first-order chi connectivity index (χ1) is 14.7. The van der Waals surface area contributed by atoms with Gasteiger partial charge < -0.3 is 9.64 Å². The molecule has 1 amide bonds. The van der Waals surface area contributed by atoms with Crippen molar-refractivity contribution in [2.75, 3.05) is 32.8 Å². The van der Waals surface area contributed by atoms with Crippen molar-refractivity contribution in [3.63, 3.8) is 0 Å². The predicted octanol–water partition coefficient (Wildman–Crippen LogP) is 1.21. The van der Waals surface area contributed by atoms with E-state index < -0.39 is 0 Å². The highest BCUT2D eigenvalue weighted by Gasteiger charge is 2.17. The van der Waals surface area contributed by atoms with Crippen LogP contribution in [0.3, 0.4) is 0 Å². The Kier molecular flexibility index (Phi) is 6.32. The number of hydrogen-bond donors (Lipinski definition) is 2. The number of hydrogen-bond acceptors (Lipinski definition) is 4. The number of rotatable bonds is 6. The normalized spacial score (nSPS) is 14.8. The summed E-state index contributed by atoms with van der Waals surface area (Å²) in [5.74, 6) is -0.101. The van der Waals surface area contributed by atoms with Crippen molar-refractivity contribution in [1.82, 2.24) is 15.2 Å². The van der Waals surface area contributed by atoms with Crippen molar-refractivity contribution in [3.05, 3.63) is 71.9 Å². The lowest BCUT2D eigenvalue weighted by Crippen LogP contribution is -3.15. The molecule has 1 fully saturated rings. The molecule has 1 aliphatic heterocycles. The second-order valence-electron chi connectivity index (χ2n) is 7.41. The maximum Gasteiger partial charge on any atom is 0.295 e. The summed E-state index contributed by atoms with van der Waals surface area (Å²) in [5.41, 5.74) is 7.45. The number of nitrogens with one attached hydrogen (secondary N) is 2. The minimum absolute atomic E-state index is 0.101. The zero-order valence-electron chi connectivity index (χ0n) is 17.0. The zero-order valence-corrected chi connectivity index (χ0v) is 17.0. The van der Waals surface area contributed by atoms with Crippen LogP contribution in [0.1, 0.15) is 11.1 Å². The molecule has 0 saturated carbocycles. The van der Waals surface area contributed by atoms with Crippen LogP contribution in [0.15, 0.2) is 65.9 Å². The largest absolute Gasteiger partial charge is 0.370 e. The molecule has 7 nitrogen and oxygen atoms in total. The fraction of sp³-hybridized carbons (Fsp3) is 0.261. The molecule has 0 bridgehead atoms. The summed E-state index contributed by atoms with van der Waals surface area (Å²) in [7, 11) is 0. The molecular formula is C23H26N5O2+. The maximum atomic E-state index is 12.2. The van der Waals surface area contributed by atoms with Crippen LogP contribution in [0.4, 0.5) is 0 Å². The smallest absolute Gasteiger partial charge is 0.295 e. The third-order valence-corrected chi connectivity index (χ3v) is 5.09. The molecule has 7 heteroatoms. The van der Waals surface area contributed by atoms with Crippen LogP contribution in [-0.4, -0.2) is 54.8 Å². The molecule has 0 spiro atoms. The van der Waals surface area contributed by atoms with Crippen LogP contribution < -0.4 is 10.3 Å². The van der Waals surface area contributed by atoms with E-state index in [-0.39, 0.29) is 5.91 Å². The van der Waals surface area contributed by atoms with Gasteiger partial charge in [-0.2, -0.15) is 10.2 Å². The standard InChI is InChI=1S/C23H25N5O2/c1-18-7-9-19(10-8-18)23-20(16-28(26-23)21-5-3-2-4-6-21)15-24-25-22(29)17-27-11-13-30-14-12-27/h2-10,15-16H,11-14,17H2,1H3,(H,25,29)/p+1/b24-15-. The number of para-hydroxylation sites is 1. The lowest BCUT2D eigenvalue weighted by atomic mass is 10.1. The molecule has 2 aromatic carbocycles. The summed E-state index contributed by atoms with van der Waals surface area (Å²) >= 11 is 0. The van der Waals surface area contributed by atoms with Crippen LogP contribution in [0.5, 0.6) is 0 Å². The van der Waals surface area contributed by atoms with Gasteiger partial charge in [0.25, 0.3) is 5.91 Å². The summed E-state index contributed by atoms with van der Waals surface area (Å²) in [6.45, 7) is 5.54. The quantitative estimate of drug-likeness (QED) is 0.479. The highest BCUT2D eigenvalue weighted by molar-refractivity contribution is 5.89. The van der Waals surface area contributed by atoms with Gasteiger partial charge in [0.1, 0.15) is 18.8 Å². The number of carbonyl (C=O) groups excluding carboxylic acids is 1. The van der Waals surface area contributed by atoms with Crippen LogP contribution in [0, 0.1) is 6.92 Å². The van der Waals surface area contributed by atoms with Gasteiger partial charge in [0.15, 0.2) is 6.54 Å². The van der Waals surface area contributed by atoms with E-state index in [9.17, 15) is 4.79 Å². The van der Waals surface area contributed by atoms with Crippen molar-refractivity contribution < 1.29 is 14.4 Å². The maximum absolute atomic E-state index is 12.2. The van der Waals surface area contributed by atoms with Crippen LogP contribution in [-0.2, 0) is 9.53 Å². The molecule has 0 radical (unpaired) electrons. The molecule has 3 aromatic rings. The number of hydrazone groups is 1. The SMILES string of the molecule is Cc1ccc(-c2nn(-c3ccccc3)cc2/C=N\NC(=O)C[NH+]2CCOCC2)cc1. The van der Waals surface area contributed by atoms with Gasteiger partial charge in [-0.25, -0.2) is 10.1 Å². The Labute approximate surface area is 176 Å². The van der Waals surface area contributed by atoms with Crippen molar-refractivity contribution >= 4 is 12.1 Å². The van der Waals surface area contributed by atoms with Gasteiger partial charge in [0.05, 0.1) is 25.1 Å². The number of carbonyl (C=O) groups is 1. The predicted molar refractivity (Wildman–Crippen MR) is 116 cm³/mol. The van der Waals surface area contributed by atoms with Crippen molar-refractivity contribution in [3.8, 4) is 16.9 Å². The summed E-state index contributed by atoms with van der Waals surface area (Å²) in [5, 5.41) is 8.96. The van der Waals surface area contributed by atoms with E-state index in [1.165, 1.54) is 10.5 Å². The van der Waals surface area contributed by atoms with Crippen molar-refractivity contribution in [1.29, 1.82) is 0 Å². The minimum atomic E-state index is -0.101. The Morgan fingerprint density at radius 2 is 1.90 bits per heavy atom. The number of aryl methyl sites for hydroxylation is 1. The van der Waals surface area contributed by atoms with Gasteiger partial charge in [-0.3, -0.25) is 4.79 Å². The first-order valence-electron chi connectivity index (χ1n) is 10.1. The Morgan fingerprint density at radius 1 is 1.17 bits per heavy atom. The van der Waals surface area contributed by atoms with Gasteiger partial charge in [-0.1, -0.05) is 48.0 Å². The number of ether oxygens (including phenoxy) is 1. The number of quaternary nitrogens is 1. The number of morpholine rings is 1. The summed E-state index contributed by atoms with van der Waals surface area (Å²) in [4.78, 5) is 13.4. The molecule has 30 heavy (non-hydrogen) atoms. The van der Waals surface area contributed by atoms with E-state index in [2.05, 4.69) is 29.6 Å². The highest BCUT2D eigenvalue weighted by Crippen LogP contribution is 2.23. The lowest BCUT2D eigenvalue weighted by molar-refractivity contribution is -0.900. The molecular weight excluding hydrogens is 378 g/mol. The van der Waals surface area contributed by atoms with E-state index in [0.717, 1.165) is 35.6 Å². The molecule has 1 aromatic heterocycles. The fourth-order valence-corrected chi connectivity index (χ4v) is 3.41. The van der Waals surface area contributed by atoms with Crippen LogP contribution >= 0.6 is 0 Å². The molecule has 154 valence electrons. The second-order valence-corrected chi connectivity index (χ2v) is 7.41. The van der Waals surface area contributed by atoms with E-state index in [1.54, 1.807) is 6.21 Å². The van der Waals surface area contributed by atoms with Gasteiger partial charge in [-0.15, -0.1) is 0 Å². The van der Waals surface area contributed by atoms with Gasteiger partial charge in [0, 0.05) is 17.3 Å². The average molecular weight is 404 g/mol. The molecule has 0 atom stereocenters. The molecule has 0 unspecified atom stereocenters. The second kappa shape index (κ2) is 9.47. The van der Waals surface area contributed by atoms with Crippen molar-refractivity contribution in [2.45, 2.75) is 6.92 Å². The number of nitrogens with zero attached hydrogens (tertiary/aromatic N) is 3. The summed E-state index contributed by atoms with van der Waals surface area (Å²) < 4.78 is 7.16. The molecule has 0 aliphatic carbocycles. The van der Waals surface area contributed by atoms with Gasteiger partial charge >= 0.3 is 0 Å². The first kappa shape index (κ1) is 20.0. The molecule has 1 saturated heterocycles. The van der Waals surface area contributed by atoms with E-state index in [4.69, 9.17) is 9.84 Å². The van der Waals surface area contributed by atoms with E-state index in [1.807, 2.05) is 53.3 Å². The van der Waals surface area contributed by atoms with Crippen LogP contribution in [0.25, 0.3) is 16.9 Å². The number of benzene rings is 2. The monoisotopic (exact) mass is 404 g/mol. The average Bonchev–Trinajstić information content (AvgIpc) is 3.20. The number of aromatic nitrogens is 2. The summed E-state index contributed by atoms with van der Waals surface area (Å²) in [6.07, 6.45) is 3.58. The topological polar surface area (TPSA) is 73.0 Å². The Morgan fingerprint density at radius 3 is 2.63 bits per heavy atom. The summed E-state index contributed by atoms with van der Waals surface area (Å²) in [6, 6.07) is 18.1. The van der Waals surface area contributed by atoms with E-state index in [0.29, 0.717) is 19.8 Å². The third-order valence-electron chi connectivity index (χ3n) is 5.09. The fourth-order valence-electron chi connectivity index (χ4n) is 3.41. The minimum Gasteiger partial charge on any atom is -0.370 e. The first-order valence-corrected chi connectivity index (χ1v) is 10.1. The molecule has 2 N–H and O–H groups in total. The van der Waals surface area contributed by atoms with Gasteiger partial charge in [-0.05, 0) is 19.1 Å². The Hall–Kier alpha value is -3.29. The molecule has 4 rings (SSSR count). The van der Waals surface area contributed by atoms with Crippen LogP contribution in [0.2, 0.25) is 0 Å². The Bertz CT molecular complexity index is 1010. The van der Waals surface area contributed by atoms with E-state index >= 15 is 0 Å². The third kappa shape index (κ3) is 5.00. The lowest BCUT2D eigenvalue weighted by Gasteiger charge is -2.22.